The number of nitrogens with zero attached hydrogens (tertiary/aromatic N) is 4. The number of hydrogen-bond acceptors (Lipinski definition) is 3. The van der Waals surface area contributed by atoms with E-state index in [9.17, 15) is 0 Å². The van der Waals surface area contributed by atoms with Gasteiger partial charge in [-0.15, -0.1) is 0 Å². The van der Waals surface area contributed by atoms with E-state index in [1.807, 2.05) is 24.8 Å². The van der Waals surface area contributed by atoms with Crippen molar-refractivity contribution in [1.82, 2.24) is 19.4 Å². The van der Waals surface area contributed by atoms with Crippen LogP contribution in [0.4, 0.5) is 0 Å². The van der Waals surface area contributed by atoms with E-state index in [4.69, 9.17) is 0 Å². The fourth-order valence-corrected chi connectivity index (χ4v) is 2.57. The van der Waals surface area contributed by atoms with Crippen LogP contribution in [0, 0.1) is 0 Å². The van der Waals surface area contributed by atoms with Crippen molar-refractivity contribution in [3.8, 4) is 0 Å². The van der Waals surface area contributed by atoms with Gasteiger partial charge in [0.05, 0.1) is 6.54 Å². The lowest BCUT2D eigenvalue weighted by molar-refractivity contribution is 0.208. The minimum atomic E-state index is 0.916. The van der Waals surface area contributed by atoms with Crippen molar-refractivity contribution < 1.29 is 0 Å². The average Bonchev–Trinajstić information content (AvgIpc) is 2.76. The molecule has 0 saturated heterocycles. The fourth-order valence-electron chi connectivity index (χ4n) is 2.16. The van der Waals surface area contributed by atoms with Crippen LogP contribution < -0.4 is 0 Å². The van der Waals surface area contributed by atoms with E-state index in [1.165, 1.54) is 5.56 Å². The summed E-state index contributed by atoms with van der Waals surface area (Å²) >= 11 is 3.45. The van der Waals surface area contributed by atoms with Gasteiger partial charge in [0, 0.05) is 48.9 Å². The van der Waals surface area contributed by atoms with E-state index in [-0.39, 0.29) is 0 Å². The zero-order chi connectivity index (χ0) is 11.7. The first-order valence-corrected chi connectivity index (χ1v) is 6.42. The molecule has 0 fully saturated rings. The maximum absolute atomic E-state index is 4.36. The Labute approximate surface area is 108 Å². The van der Waals surface area contributed by atoms with Gasteiger partial charge in [0.25, 0.3) is 0 Å². The predicted octanol–water partition coefficient (Wildman–Crippen LogP) is 2.06. The van der Waals surface area contributed by atoms with Gasteiger partial charge in [-0.1, -0.05) is 0 Å². The Kier molecular flexibility index (Phi) is 2.94. The Morgan fingerprint density at radius 2 is 2.24 bits per heavy atom. The van der Waals surface area contributed by atoms with Crippen LogP contribution in [0.25, 0.3) is 0 Å². The first kappa shape index (κ1) is 10.9. The molecular weight excluding hydrogens is 280 g/mol. The van der Waals surface area contributed by atoms with Gasteiger partial charge in [0.2, 0.25) is 0 Å². The molecule has 88 valence electrons. The topological polar surface area (TPSA) is 34.0 Å². The molecule has 1 aliphatic rings. The van der Waals surface area contributed by atoms with Gasteiger partial charge >= 0.3 is 0 Å². The molecule has 0 saturated carbocycles. The number of halogens is 1. The largest absolute Gasteiger partial charge is 0.333 e. The first-order valence-electron chi connectivity index (χ1n) is 5.63. The molecule has 5 heteroatoms. The minimum Gasteiger partial charge on any atom is -0.333 e. The molecule has 2 aromatic rings. The molecule has 0 atom stereocenters. The summed E-state index contributed by atoms with van der Waals surface area (Å²) in [5.41, 5.74) is 1.24. The zero-order valence-corrected chi connectivity index (χ0v) is 11.0. The van der Waals surface area contributed by atoms with E-state index < -0.39 is 0 Å². The maximum atomic E-state index is 4.36. The molecule has 0 spiro atoms. The van der Waals surface area contributed by atoms with Crippen LogP contribution in [0.5, 0.6) is 0 Å². The lowest BCUT2D eigenvalue weighted by Crippen LogP contribution is -2.33. The predicted molar refractivity (Wildman–Crippen MR) is 68.3 cm³/mol. The molecule has 0 bridgehead atoms. The summed E-state index contributed by atoms with van der Waals surface area (Å²) in [6.45, 7) is 3.94. The third-order valence-electron chi connectivity index (χ3n) is 2.99. The van der Waals surface area contributed by atoms with Crippen molar-refractivity contribution >= 4 is 15.9 Å². The monoisotopic (exact) mass is 292 g/mol. The van der Waals surface area contributed by atoms with Gasteiger partial charge in [-0.2, -0.15) is 0 Å². The second kappa shape index (κ2) is 4.58. The summed E-state index contributed by atoms with van der Waals surface area (Å²) in [7, 11) is 0. The van der Waals surface area contributed by atoms with Crippen LogP contribution in [0.15, 0.2) is 35.3 Å². The van der Waals surface area contributed by atoms with Gasteiger partial charge in [-0.05, 0) is 27.6 Å². The fraction of sp³-hybridized carbons (Fsp3) is 0.333. The summed E-state index contributed by atoms with van der Waals surface area (Å²) in [5, 5.41) is 0. The van der Waals surface area contributed by atoms with Crippen LogP contribution in [-0.2, 0) is 19.6 Å². The van der Waals surface area contributed by atoms with Gasteiger partial charge in [0.1, 0.15) is 5.82 Å². The maximum Gasteiger partial charge on any atom is 0.122 e. The molecule has 4 nitrogen and oxygen atoms in total. The number of imidazole rings is 1. The van der Waals surface area contributed by atoms with E-state index >= 15 is 0 Å². The zero-order valence-electron chi connectivity index (χ0n) is 9.38. The highest BCUT2D eigenvalue weighted by molar-refractivity contribution is 9.10. The van der Waals surface area contributed by atoms with Crippen molar-refractivity contribution in [3.63, 3.8) is 0 Å². The molecule has 0 amide bonds. The third-order valence-corrected chi connectivity index (χ3v) is 3.43. The number of fused-ring (bicyclic) bond motifs is 1. The van der Waals surface area contributed by atoms with Crippen molar-refractivity contribution in [1.29, 1.82) is 0 Å². The van der Waals surface area contributed by atoms with Gasteiger partial charge in [0.15, 0.2) is 0 Å². The van der Waals surface area contributed by atoms with Crippen LogP contribution in [0.3, 0.4) is 0 Å². The SMILES string of the molecule is Brc1cncc(CN2CCn3ccnc3C2)c1. The van der Waals surface area contributed by atoms with Crippen molar-refractivity contribution in [2.45, 2.75) is 19.6 Å². The quantitative estimate of drug-likeness (QED) is 0.850. The molecule has 17 heavy (non-hydrogen) atoms. The van der Waals surface area contributed by atoms with Gasteiger partial charge in [-0.25, -0.2) is 4.98 Å². The van der Waals surface area contributed by atoms with Crippen LogP contribution in [0.1, 0.15) is 11.4 Å². The van der Waals surface area contributed by atoms with Crippen molar-refractivity contribution in [2.24, 2.45) is 0 Å². The Morgan fingerprint density at radius 1 is 1.29 bits per heavy atom. The third kappa shape index (κ3) is 2.40. The molecule has 3 heterocycles. The summed E-state index contributed by atoms with van der Waals surface area (Å²) < 4.78 is 3.25. The second-order valence-electron chi connectivity index (χ2n) is 4.26. The van der Waals surface area contributed by atoms with Crippen LogP contribution in [-0.4, -0.2) is 26.0 Å². The Morgan fingerprint density at radius 3 is 3.12 bits per heavy atom. The average molecular weight is 293 g/mol. The molecule has 3 rings (SSSR count). The second-order valence-corrected chi connectivity index (χ2v) is 5.17. The van der Waals surface area contributed by atoms with Gasteiger partial charge in [-0.3, -0.25) is 9.88 Å². The van der Waals surface area contributed by atoms with Crippen molar-refractivity contribution in [2.75, 3.05) is 6.54 Å². The number of hydrogen-bond donors (Lipinski definition) is 0. The highest BCUT2D eigenvalue weighted by Gasteiger charge is 2.16. The smallest absolute Gasteiger partial charge is 0.122 e. The Hall–Kier alpha value is -1.20. The normalized spacial score (nSPS) is 15.8. The lowest BCUT2D eigenvalue weighted by atomic mass is 10.2. The molecule has 0 unspecified atom stereocenters. The van der Waals surface area contributed by atoms with E-state index in [2.05, 4.69) is 41.4 Å². The molecule has 0 N–H and O–H groups in total. The van der Waals surface area contributed by atoms with Crippen molar-refractivity contribution in [3.05, 3.63) is 46.7 Å². The summed E-state index contributed by atoms with van der Waals surface area (Å²) in [6.07, 6.45) is 7.66. The summed E-state index contributed by atoms with van der Waals surface area (Å²) in [6, 6.07) is 2.12. The summed E-state index contributed by atoms with van der Waals surface area (Å²) in [4.78, 5) is 10.9. The van der Waals surface area contributed by atoms with Crippen LogP contribution in [0.2, 0.25) is 0 Å². The first-order chi connectivity index (χ1) is 8.31. The molecule has 0 aromatic carbocycles. The number of rotatable bonds is 2. The molecule has 0 radical (unpaired) electrons. The van der Waals surface area contributed by atoms with Crippen LogP contribution >= 0.6 is 15.9 Å². The number of aromatic nitrogens is 3. The minimum absolute atomic E-state index is 0.916. The highest BCUT2D eigenvalue weighted by Crippen LogP contribution is 2.15. The molecule has 2 aromatic heterocycles. The number of pyridine rings is 1. The molecule has 0 aliphatic carbocycles. The Bertz CT molecular complexity index is 523. The highest BCUT2D eigenvalue weighted by atomic mass is 79.9. The molecule has 1 aliphatic heterocycles. The van der Waals surface area contributed by atoms with E-state index in [1.54, 1.807) is 0 Å². The summed E-state index contributed by atoms with van der Waals surface area (Å²) in [5.74, 6) is 1.15. The molecular formula is C12H13BrN4. The lowest BCUT2D eigenvalue weighted by Gasteiger charge is -2.27. The Balaban J connectivity index is 1.72. The standard InChI is InChI=1S/C12H13BrN4/c13-11-5-10(6-14-7-11)8-16-3-4-17-2-1-15-12(17)9-16/h1-2,5-7H,3-4,8-9H2. The van der Waals surface area contributed by atoms with Gasteiger partial charge < -0.3 is 4.57 Å². The van der Waals surface area contributed by atoms with E-state index in [0.717, 1.165) is 36.5 Å². The van der Waals surface area contributed by atoms with E-state index in [0.29, 0.717) is 0 Å².